The summed E-state index contributed by atoms with van der Waals surface area (Å²) in [4.78, 5) is 112. The van der Waals surface area contributed by atoms with Gasteiger partial charge in [0, 0.05) is 47.1 Å². The molecule has 0 aliphatic rings. The quantitative estimate of drug-likeness (QED) is 0.156. The number of hydrogen-bond acceptors (Lipinski definition) is 10. The van der Waals surface area contributed by atoms with Crippen LogP contribution in [0.25, 0.3) is 0 Å². The molecule has 0 heterocycles. The van der Waals surface area contributed by atoms with Gasteiger partial charge < -0.3 is 38.9 Å². The van der Waals surface area contributed by atoms with E-state index in [9.17, 15) is 38.4 Å². The lowest BCUT2D eigenvalue weighted by Crippen LogP contribution is -2.58. The second kappa shape index (κ2) is 25.4. The van der Waals surface area contributed by atoms with Gasteiger partial charge in [-0.15, -0.1) is 0 Å². The highest BCUT2D eigenvalue weighted by Crippen LogP contribution is 2.23. The summed E-state index contributed by atoms with van der Waals surface area (Å²) in [5, 5.41) is 0. The van der Waals surface area contributed by atoms with Gasteiger partial charge in [-0.25, -0.2) is 0 Å². The second-order valence-corrected chi connectivity index (χ2v) is 23.4. The zero-order valence-corrected chi connectivity index (χ0v) is 46.2. The molecule has 70 heavy (non-hydrogen) atoms. The van der Waals surface area contributed by atoms with Gasteiger partial charge in [0.2, 0.25) is 35.4 Å². The maximum Gasteiger partial charge on any atom is 0.325 e. The van der Waals surface area contributed by atoms with E-state index in [4.69, 9.17) is 9.47 Å². The minimum absolute atomic E-state index is 0.117. The number of amides is 6. The molecule has 0 radical (unpaired) electrons. The van der Waals surface area contributed by atoms with Crippen LogP contribution in [0.15, 0.2) is 60.7 Å². The summed E-state index contributed by atoms with van der Waals surface area (Å²) in [5.41, 5.74) is -2.09. The maximum atomic E-state index is 13.4. The van der Waals surface area contributed by atoms with Crippen molar-refractivity contribution < 1.29 is 47.8 Å². The van der Waals surface area contributed by atoms with Crippen LogP contribution >= 0.6 is 0 Å². The van der Waals surface area contributed by atoms with Crippen LogP contribution in [0.3, 0.4) is 0 Å². The molecule has 0 aliphatic carbocycles. The third-order valence-electron chi connectivity index (χ3n) is 11.1. The minimum atomic E-state index is -0.676. The lowest BCUT2D eigenvalue weighted by molar-refractivity contribution is -0.157. The van der Waals surface area contributed by atoms with Crippen molar-refractivity contribution in [3.8, 4) is 0 Å². The topological polar surface area (TPSA) is 174 Å². The van der Waals surface area contributed by atoms with E-state index in [-0.39, 0.29) is 87.9 Å². The fraction of sp³-hybridized carbons (Fsp3) is 0.630. The normalized spacial score (nSPS) is 12.1. The molecule has 0 atom stereocenters. The number of ether oxygens (including phenoxy) is 2. The highest BCUT2D eigenvalue weighted by Gasteiger charge is 2.39. The Labute approximate surface area is 419 Å². The van der Waals surface area contributed by atoms with Gasteiger partial charge in [-0.3, -0.25) is 38.4 Å². The number of carbonyl (C=O) groups is 8. The molecule has 0 saturated carbocycles. The largest absolute Gasteiger partial charge is 0.459 e. The van der Waals surface area contributed by atoms with Crippen molar-refractivity contribution >= 4 is 47.4 Å². The molecule has 0 N–H and O–H groups in total. The maximum absolute atomic E-state index is 13.4. The summed E-state index contributed by atoms with van der Waals surface area (Å²) >= 11 is 0. The lowest BCUT2D eigenvalue weighted by Gasteiger charge is -2.42. The number of hydrogen-bond donors (Lipinski definition) is 0. The molecule has 0 aromatic heterocycles. The highest BCUT2D eigenvalue weighted by molar-refractivity contribution is 5.91. The first-order valence-corrected chi connectivity index (χ1v) is 23.8. The van der Waals surface area contributed by atoms with Crippen molar-refractivity contribution in [3.05, 3.63) is 71.8 Å². The van der Waals surface area contributed by atoms with Gasteiger partial charge >= 0.3 is 11.9 Å². The Morgan fingerprint density at radius 1 is 0.329 bits per heavy atom. The van der Waals surface area contributed by atoms with Crippen molar-refractivity contribution in [1.29, 1.82) is 0 Å². The molecule has 6 amide bonds. The van der Waals surface area contributed by atoms with E-state index in [1.165, 1.54) is 43.2 Å². The molecule has 16 heteroatoms. The Morgan fingerprint density at radius 2 is 0.529 bits per heavy atom. The van der Waals surface area contributed by atoms with Gasteiger partial charge in [-0.2, -0.15) is 0 Å². The number of carbonyl (C=O) groups excluding carboxylic acids is 8. The SMILES string of the molecule is CC(=O)N(CC(=O)N(CC(=O)N(CC(=O)OCc1ccccc1)C(C)(C)C)C(C)(C)C)C(C)(C)C.CC(=O)N(CC(=O)N(CC(=O)N(CC(=O)OCc1ccccc1)C(C)(C)C)C(C)(C)C)C(C)(C)C. The molecule has 2 aromatic rings. The van der Waals surface area contributed by atoms with E-state index in [1.54, 1.807) is 0 Å². The van der Waals surface area contributed by atoms with Crippen molar-refractivity contribution in [2.75, 3.05) is 39.3 Å². The Hall–Kier alpha value is -5.80. The summed E-state index contributed by atoms with van der Waals surface area (Å²) < 4.78 is 10.8. The van der Waals surface area contributed by atoms with Gasteiger partial charge in [0.05, 0.1) is 0 Å². The van der Waals surface area contributed by atoms with Gasteiger partial charge in [0.25, 0.3) is 0 Å². The molecule has 0 bridgehead atoms. The summed E-state index contributed by atoms with van der Waals surface area (Å²) in [7, 11) is 0. The first kappa shape index (κ1) is 62.2. The number of esters is 2. The van der Waals surface area contributed by atoms with Crippen molar-refractivity contribution in [2.45, 2.75) is 185 Å². The molecular formula is C54H86N6O10. The number of nitrogens with zero attached hydrogens (tertiary/aromatic N) is 6. The van der Waals surface area contributed by atoms with E-state index >= 15 is 0 Å². The molecule has 0 unspecified atom stereocenters. The third kappa shape index (κ3) is 21.5. The van der Waals surface area contributed by atoms with Crippen LogP contribution in [0.5, 0.6) is 0 Å². The van der Waals surface area contributed by atoms with Gasteiger partial charge in [-0.05, 0) is 136 Å². The Bertz CT molecular complexity index is 1930. The summed E-state index contributed by atoms with van der Waals surface area (Å²) in [5.74, 6) is -2.91. The molecular weight excluding hydrogens is 893 g/mol. The summed E-state index contributed by atoms with van der Waals surface area (Å²) in [6, 6.07) is 18.6. The zero-order chi connectivity index (χ0) is 54.4. The van der Waals surface area contributed by atoms with Gasteiger partial charge in [0.1, 0.15) is 52.5 Å². The standard InChI is InChI=1S/2C27H43N3O5/c2*1-20(31)28(25(2,3)4)16-22(32)29(26(5,6)7)17-23(33)30(27(8,9)10)18-24(34)35-19-21-14-12-11-13-15-21/h2*11-15H,16-19H2,1-10H3. The van der Waals surface area contributed by atoms with Crippen LogP contribution in [0.2, 0.25) is 0 Å². The van der Waals surface area contributed by atoms with Gasteiger partial charge in [0.15, 0.2) is 0 Å². The van der Waals surface area contributed by atoms with E-state index in [0.717, 1.165) is 11.1 Å². The predicted molar refractivity (Wildman–Crippen MR) is 273 cm³/mol. The van der Waals surface area contributed by atoms with Crippen LogP contribution in [-0.2, 0) is 61.0 Å². The van der Waals surface area contributed by atoms with Crippen molar-refractivity contribution in [2.24, 2.45) is 0 Å². The van der Waals surface area contributed by atoms with E-state index in [1.807, 2.05) is 185 Å². The highest BCUT2D eigenvalue weighted by atomic mass is 16.5. The fourth-order valence-corrected chi connectivity index (χ4v) is 7.15. The average molecular weight is 979 g/mol. The first-order valence-electron chi connectivity index (χ1n) is 23.8. The Balaban J connectivity index is 0.000000700. The lowest BCUT2D eigenvalue weighted by atomic mass is 10.0. The van der Waals surface area contributed by atoms with E-state index in [2.05, 4.69) is 0 Å². The summed E-state index contributed by atoms with van der Waals surface area (Å²) in [6.07, 6.45) is 0. The molecule has 2 aromatic carbocycles. The molecule has 0 spiro atoms. The second-order valence-electron chi connectivity index (χ2n) is 23.4. The molecule has 0 fully saturated rings. The van der Waals surface area contributed by atoms with Crippen molar-refractivity contribution in [1.82, 2.24) is 29.4 Å². The summed E-state index contributed by atoms with van der Waals surface area (Å²) in [6.45, 7) is 35.0. The van der Waals surface area contributed by atoms with Gasteiger partial charge in [-0.1, -0.05) is 60.7 Å². The van der Waals surface area contributed by atoms with Crippen LogP contribution in [0.1, 0.15) is 150 Å². The van der Waals surface area contributed by atoms with Crippen LogP contribution in [0, 0.1) is 0 Å². The van der Waals surface area contributed by atoms with Crippen LogP contribution in [0.4, 0.5) is 0 Å². The monoisotopic (exact) mass is 979 g/mol. The molecule has 0 saturated heterocycles. The van der Waals surface area contributed by atoms with Crippen molar-refractivity contribution in [3.63, 3.8) is 0 Å². The Kier molecular flexibility index (Phi) is 22.5. The molecule has 2 rings (SSSR count). The number of benzene rings is 2. The Morgan fingerprint density at radius 3 is 0.729 bits per heavy atom. The minimum Gasteiger partial charge on any atom is -0.459 e. The van der Waals surface area contributed by atoms with E-state index in [0.29, 0.717) is 0 Å². The smallest absolute Gasteiger partial charge is 0.325 e. The molecule has 392 valence electrons. The van der Waals surface area contributed by atoms with Crippen LogP contribution < -0.4 is 0 Å². The third-order valence-corrected chi connectivity index (χ3v) is 11.1. The first-order chi connectivity index (χ1) is 31.7. The van der Waals surface area contributed by atoms with E-state index < -0.39 is 45.2 Å². The fourth-order valence-electron chi connectivity index (χ4n) is 7.15. The zero-order valence-electron chi connectivity index (χ0n) is 46.2. The van der Waals surface area contributed by atoms with Crippen LogP contribution in [-0.4, -0.2) is 149 Å². The number of rotatable bonds is 16. The average Bonchev–Trinajstić information content (AvgIpc) is 3.20. The molecule has 0 aliphatic heterocycles. The predicted octanol–water partition coefficient (Wildman–Crippen LogP) is 7.26. The molecule has 16 nitrogen and oxygen atoms in total.